The molecule has 0 fully saturated rings. The van der Waals surface area contributed by atoms with Gasteiger partial charge in [-0.2, -0.15) is 0 Å². The molecular formula is C21H17N5O4S. The van der Waals surface area contributed by atoms with E-state index in [0.717, 1.165) is 10.1 Å². The smallest absolute Gasteiger partial charge is 0.280 e. The number of aryl methyl sites for hydroxylation is 1. The van der Waals surface area contributed by atoms with Crippen LogP contribution in [0.3, 0.4) is 0 Å². The van der Waals surface area contributed by atoms with Crippen molar-refractivity contribution in [1.82, 2.24) is 19.1 Å². The van der Waals surface area contributed by atoms with Crippen LogP contribution in [0.25, 0.3) is 22.4 Å². The first-order valence-corrected chi connectivity index (χ1v) is 10.2. The van der Waals surface area contributed by atoms with Crippen molar-refractivity contribution in [3.05, 3.63) is 91.1 Å². The molecule has 0 atom stereocenters. The van der Waals surface area contributed by atoms with E-state index in [1.807, 2.05) is 30.3 Å². The second kappa shape index (κ2) is 8.15. The lowest BCUT2D eigenvalue weighted by molar-refractivity contribution is -0.384. The molecule has 31 heavy (non-hydrogen) atoms. The zero-order valence-electron chi connectivity index (χ0n) is 16.7. The molecule has 2 heterocycles. The average molecular weight is 435 g/mol. The van der Waals surface area contributed by atoms with Crippen LogP contribution in [-0.4, -0.2) is 24.0 Å². The topological polar surface area (TPSA) is 113 Å². The SMILES string of the molecule is Cn1c(=O)c2c(SCc3ccccc3)nc(-c3ccc([N+](=O)[O-])cc3)nc2n(C)c1=O. The maximum Gasteiger partial charge on any atom is 0.332 e. The summed E-state index contributed by atoms with van der Waals surface area (Å²) in [4.78, 5) is 44.8. The highest BCUT2D eigenvalue weighted by Gasteiger charge is 2.18. The van der Waals surface area contributed by atoms with Gasteiger partial charge in [-0.1, -0.05) is 30.3 Å². The summed E-state index contributed by atoms with van der Waals surface area (Å²) in [6, 6.07) is 15.5. The van der Waals surface area contributed by atoms with Crippen molar-refractivity contribution in [1.29, 1.82) is 0 Å². The first kappa shape index (κ1) is 20.5. The van der Waals surface area contributed by atoms with E-state index in [4.69, 9.17) is 0 Å². The number of nitro groups is 1. The fourth-order valence-corrected chi connectivity index (χ4v) is 4.09. The van der Waals surface area contributed by atoms with E-state index in [2.05, 4.69) is 9.97 Å². The van der Waals surface area contributed by atoms with Crippen molar-refractivity contribution in [3.63, 3.8) is 0 Å². The Labute approximate surface area is 180 Å². The zero-order chi connectivity index (χ0) is 22.1. The number of non-ortho nitro benzene ring substituents is 1. The van der Waals surface area contributed by atoms with Gasteiger partial charge in [-0.05, 0) is 17.7 Å². The van der Waals surface area contributed by atoms with E-state index >= 15 is 0 Å². The first-order valence-electron chi connectivity index (χ1n) is 9.26. The minimum atomic E-state index is -0.496. The van der Waals surface area contributed by atoms with Crippen molar-refractivity contribution in [2.45, 2.75) is 10.8 Å². The van der Waals surface area contributed by atoms with Crippen LogP contribution in [0.15, 0.2) is 69.2 Å². The molecule has 0 aliphatic carbocycles. The number of benzene rings is 2. The molecule has 0 amide bonds. The number of hydrogen-bond acceptors (Lipinski definition) is 7. The fraction of sp³-hybridized carbons (Fsp3) is 0.143. The summed E-state index contributed by atoms with van der Waals surface area (Å²) in [5, 5.41) is 11.6. The molecule has 10 heteroatoms. The van der Waals surface area contributed by atoms with Crippen LogP contribution in [0.2, 0.25) is 0 Å². The summed E-state index contributed by atoms with van der Waals surface area (Å²) in [6.45, 7) is 0. The molecule has 0 radical (unpaired) electrons. The van der Waals surface area contributed by atoms with Gasteiger partial charge < -0.3 is 0 Å². The normalized spacial score (nSPS) is 11.0. The summed E-state index contributed by atoms with van der Waals surface area (Å²) in [7, 11) is 2.96. The minimum absolute atomic E-state index is 0.0514. The number of fused-ring (bicyclic) bond motifs is 1. The molecule has 9 nitrogen and oxygen atoms in total. The van der Waals surface area contributed by atoms with Crippen molar-refractivity contribution in [2.75, 3.05) is 0 Å². The van der Waals surface area contributed by atoms with Gasteiger partial charge in [0.15, 0.2) is 11.5 Å². The van der Waals surface area contributed by atoms with E-state index in [9.17, 15) is 19.7 Å². The lowest BCUT2D eigenvalue weighted by Crippen LogP contribution is -2.37. The van der Waals surface area contributed by atoms with Gasteiger partial charge >= 0.3 is 5.69 Å². The summed E-state index contributed by atoms with van der Waals surface area (Å²) >= 11 is 1.37. The first-order chi connectivity index (χ1) is 14.9. The standard InChI is InChI=1S/C21H17N5O4S/c1-24-18-16(20(27)25(2)21(24)28)19(31-12-13-6-4-3-5-7-13)23-17(22-18)14-8-10-15(11-9-14)26(29)30/h3-11H,12H2,1-2H3. The summed E-state index contributed by atoms with van der Waals surface area (Å²) < 4.78 is 2.34. The van der Waals surface area contributed by atoms with E-state index in [1.165, 1.54) is 35.5 Å². The van der Waals surface area contributed by atoms with Gasteiger partial charge in [-0.25, -0.2) is 14.8 Å². The monoisotopic (exact) mass is 435 g/mol. The Morgan fingerprint density at radius 2 is 1.65 bits per heavy atom. The molecule has 4 rings (SSSR count). The van der Waals surface area contributed by atoms with Crippen LogP contribution in [0.5, 0.6) is 0 Å². The lowest BCUT2D eigenvalue weighted by Gasteiger charge is -2.12. The van der Waals surface area contributed by atoms with E-state index in [0.29, 0.717) is 16.3 Å². The molecule has 0 spiro atoms. The molecule has 0 bridgehead atoms. The summed E-state index contributed by atoms with van der Waals surface area (Å²) in [6.07, 6.45) is 0. The second-order valence-electron chi connectivity index (χ2n) is 6.83. The van der Waals surface area contributed by atoms with E-state index < -0.39 is 16.2 Å². The zero-order valence-corrected chi connectivity index (χ0v) is 17.5. The van der Waals surface area contributed by atoms with Crippen molar-refractivity contribution < 1.29 is 4.92 Å². The van der Waals surface area contributed by atoms with Crippen LogP contribution in [-0.2, 0) is 19.8 Å². The molecular weight excluding hydrogens is 418 g/mol. The van der Waals surface area contributed by atoms with Crippen molar-refractivity contribution in [2.24, 2.45) is 14.1 Å². The van der Waals surface area contributed by atoms with Crippen LogP contribution >= 0.6 is 11.8 Å². The Hall–Kier alpha value is -3.79. The van der Waals surface area contributed by atoms with Crippen molar-refractivity contribution in [3.8, 4) is 11.4 Å². The van der Waals surface area contributed by atoms with E-state index in [1.54, 1.807) is 19.2 Å². The quantitative estimate of drug-likeness (QED) is 0.205. The molecule has 0 aliphatic heterocycles. The molecule has 156 valence electrons. The Kier molecular flexibility index (Phi) is 5.38. The fourth-order valence-electron chi connectivity index (χ4n) is 3.12. The summed E-state index contributed by atoms with van der Waals surface area (Å²) in [5.41, 5.74) is 0.797. The van der Waals surface area contributed by atoms with Gasteiger partial charge in [-0.3, -0.25) is 24.0 Å². The Balaban J connectivity index is 1.91. The number of nitrogens with zero attached hydrogens (tertiary/aromatic N) is 5. The van der Waals surface area contributed by atoms with Gasteiger partial charge in [0.05, 0.1) is 4.92 Å². The predicted octanol–water partition coefficient (Wildman–Crippen LogP) is 2.89. The number of thioether (sulfide) groups is 1. The average Bonchev–Trinajstić information content (AvgIpc) is 2.80. The molecule has 0 aliphatic rings. The third kappa shape index (κ3) is 3.84. The van der Waals surface area contributed by atoms with Gasteiger partial charge in [-0.15, -0.1) is 11.8 Å². The predicted molar refractivity (Wildman–Crippen MR) is 118 cm³/mol. The van der Waals surface area contributed by atoms with Gasteiger partial charge in [0.25, 0.3) is 11.2 Å². The second-order valence-corrected chi connectivity index (χ2v) is 7.80. The van der Waals surface area contributed by atoms with Crippen LogP contribution < -0.4 is 11.2 Å². The maximum atomic E-state index is 12.9. The van der Waals surface area contributed by atoms with Gasteiger partial charge in [0, 0.05) is 37.5 Å². The number of nitro benzene ring substituents is 1. The summed E-state index contributed by atoms with van der Waals surface area (Å²) in [5.74, 6) is 0.847. The van der Waals surface area contributed by atoms with Crippen molar-refractivity contribution >= 4 is 28.5 Å². The molecule has 2 aromatic heterocycles. The molecule has 2 aromatic carbocycles. The van der Waals surface area contributed by atoms with Gasteiger partial charge in [0.2, 0.25) is 0 Å². The minimum Gasteiger partial charge on any atom is -0.280 e. The third-order valence-electron chi connectivity index (χ3n) is 4.82. The van der Waals surface area contributed by atoms with Crippen LogP contribution in [0, 0.1) is 10.1 Å². The van der Waals surface area contributed by atoms with Crippen LogP contribution in [0.1, 0.15) is 5.56 Å². The Morgan fingerprint density at radius 1 is 0.968 bits per heavy atom. The molecule has 0 saturated heterocycles. The maximum absolute atomic E-state index is 12.9. The highest BCUT2D eigenvalue weighted by molar-refractivity contribution is 7.98. The Bertz CT molecular complexity index is 1410. The highest BCUT2D eigenvalue weighted by Crippen LogP contribution is 2.29. The van der Waals surface area contributed by atoms with Crippen LogP contribution in [0.4, 0.5) is 5.69 Å². The third-order valence-corrected chi connectivity index (χ3v) is 5.87. The molecule has 0 unspecified atom stereocenters. The number of hydrogen-bond donors (Lipinski definition) is 0. The highest BCUT2D eigenvalue weighted by atomic mass is 32.2. The lowest BCUT2D eigenvalue weighted by atomic mass is 10.2. The molecule has 0 N–H and O–H groups in total. The van der Waals surface area contributed by atoms with Gasteiger partial charge in [0.1, 0.15) is 10.4 Å². The molecule has 4 aromatic rings. The molecule has 0 saturated carbocycles. The Morgan fingerprint density at radius 3 is 2.29 bits per heavy atom. The van der Waals surface area contributed by atoms with E-state index in [-0.39, 0.29) is 22.5 Å². The largest absolute Gasteiger partial charge is 0.332 e. The number of aromatic nitrogens is 4. The number of rotatable bonds is 5.